The van der Waals surface area contributed by atoms with Gasteiger partial charge < -0.3 is 15.5 Å². The van der Waals surface area contributed by atoms with Crippen molar-refractivity contribution in [2.75, 3.05) is 32.0 Å². The first kappa shape index (κ1) is 16.0. The van der Waals surface area contributed by atoms with Crippen LogP contribution < -0.4 is 15.5 Å². The number of benzene rings is 1. The number of carbonyl (C=O) groups is 2. The number of rotatable bonds is 6. The van der Waals surface area contributed by atoms with E-state index in [1.165, 1.54) is 0 Å². The number of para-hydroxylation sites is 1. The third-order valence-electron chi connectivity index (χ3n) is 2.46. The Bertz CT molecular complexity index is 525. The molecule has 0 aliphatic carbocycles. The topological polar surface area (TPSA) is 62.6 Å². The first-order valence-electron chi connectivity index (χ1n) is 6.08. The lowest BCUT2D eigenvalue weighted by atomic mass is 10.3. The van der Waals surface area contributed by atoms with E-state index in [0.29, 0.717) is 10.7 Å². The molecule has 0 saturated heterocycles. The molecule has 0 saturated carbocycles. The molecule has 1 unspecified atom stereocenters. The Balaban J connectivity index is 2.41. The second-order valence-corrected chi connectivity index (χ2v) is 4.73. The van der Waals surface area contributed by atoms with Gasteiger partial charge in [-0.05, 0) is 12.1 Å². The van der Waals surface area contributed by atoms with Crippen LogP contribution in [0.4, 0.5) is 5.69 Å². The van der Waals surface area contributed by atoms with Crippen LogP contribution in [-0.2, 0) is 9.59 Å². The minimum atomic E-state index is -0.208. The number of carbonyl (C=O) groups excluding carboxylic acids is 2. The molecule has 0 aliphatic heterocycles. The number of nitrogens with one attached hydrogen (secondary N) is 3. The van der Waals surface area contributed by atoms with Crippen molar-refractivity contribution in [3.05, 3.63) is 29.3 Å². The van der Waals surface area contributed by atoms with Crippen molar-refractivity contribution >= 4 is 29.1 Å². The van der Waals surface area contributed by atoms with E-state index in [4.69, 9.17) is 18.0 Å². The zero-order valence-electron chi connectivity index (χ0n) is 11.2. The van der Waals surface area contributed by atoms with Gasteiger partial charge in [-0.15, -0.1) is 6.42 Å². The average Bonchev–Trinajstić information content (AvgIpc) is 2.38. The standard InChI is InChI=1S/C14H16ClN3O2/c1-3-8-16-13(19)9-18(2)10-14(20)17-12-7-5-4-6-11(12)15/h1,4-7H,8-10H2,2H3,(H,16,19)(H,17,20)/p+1. The van der Waals surface area contributed by atoms with Gasteiger partial charge in [-0.2, -0.15) is 0 Å². The molecule has 1 aromatic rings. The molecule has 0 aromatic heterocycles. The first-order chi connectivity index (χ1) is 9.52. The normalized spacial score (nSPS) is 11.2. The number of quaternary nitrogens is 1. The van der Waals surface area contributed by atoms with E-state index in [1.54, 1.807) is 31.3 Å². The van der Waals surface area contributed by atoms with Crippen molar-refractivity contribution in [2.24, 2.45) is 0 Å². The van der Waals surface area contributed by atoms with Crippen LogP contribution in [0.1, 0.15) is 0 Å². The second-order valence-electron chi connectivity index (χ2n) is 4.32. The van der Waals surface area contributed by atoms with Crippen LogP contribution >= 0.6 is 11.6 Å². The Morgan fingerprint density at radius 2 is 1.95 bits per heavy atom. The Kier molecular flexibility index (Phi) is 6.57. The Morgan fingerprint density at radius 1 is 1.30 bits per heavy atom. The molecule has 5 nitrogen and oxygen atoms in total. The minimum absolute atomic E-state index is 0.161. The summed E-state index contributed by atoms with van der Waals surface area (Å²) < 4.78 is 0. The van der Waals surface area contributed by atoms with Crippen LogP contribution in [0.2, 0.25) is 5.02 Å². The van der Waals surface area contributed by atoms with Gasteiger partial charge in [0.05, 0.1) is 24.3 Å². The second kappa shape index (κ2) is 8.20. The third-order valence-corrected chi connectivity index (χ3v) is 2.79. The highest BCUT2D eigenvalue weighted by atomic mass is 35.5. The van der Waals surface area contributed by atoms with E-state index in [-0.39, 0.29) is 31.4 Å². The van der Waals surface area contributed by atoms with E-state index in [0.717, 1.165) is 4.90 Å². The number of halogens is 1. The summed E-state index contributed by atoms with van der Waals surface area (Å²) in [6, 6.07) is 6.98. The number of amides is 2. The van der Waals surface area contributed by atoms with Gasteiger partial charge in [0.25, 0.3) is 11.8 Å². The maximum atomic E-state index is 11.8. The molecule has 1 atom stereocenters. The molecule has 6 heteroatoms. The van der Waals surface area contributed by atoms with Gasteiger partial charge in [-0.3, -0.25) is 9.59 Å². The molecule has 0 aliphatic rings. The lowest BCUT2D eigenvalue weighted by Crippen LogP contribution is -3.11. The Morgan fingerprint density at radius 3 is 2.60 bits per heavy atom. The molecule has 1 aromatic carbocycles. The lowest BCUT2D eigenvalue weighted by Gasteiger charge is -2.13. The molecule has 2 amide bonds. The van der Waals surface area contributed by atoms with Crippen molar-refractivity contribution in [3.8, 4) is 12.3 Å². The van der Waals surface area contributed by atoms with Crippen LogP contribution in [0.25, 0.3) is 0 Å². The molecule has 106 valence electrons. The SMILES string of the molecule is C#CCNC(=O)C[NH+](C)CC(=O)Nc1ccccc1Cl. The predicted octanol–water partition coefficient (Wildman–Crippen LogP) is -0.457. The molecule has 3 N–H and O–H groups in total. The maximum Gasteiger partial charge on any atom is 0.279 e. The average molecular weight is 295 g/mol. The summed E-state index contributed by atoms with van der Waals surface area (Å²) in [5.74, 6) is 1.92. The highest BCUT2D eigenvalue weighted by Gasteiger charge is 2.14. The fourth-order valence-electron chi connectivity index (χ4n) is 1.58. The molecule has 0 fully saturated rings. The minimum Gasteiger partial charge on any atom is -0.340 e. The van der Waals surface area contributed by atoms with Crippen LogP contribution in [0.5, 0.6) is 0 Å². The Labute approximate surface area is 123 Å². The fraction of sp³-hybridized carbons (Fsp3) is 0.286. The fourth-order valence-corrected chi connectivity index (χ4v) is 1.76. The van der Waals surface area contributed by atoms with Gasteiger partial charge >= 0.3 is 0 Å². The van der Waals surface area contributed by atoms with E-state index >= 15 is 0 Å². The summed E-state index contributed by atoms with van der Waals surface area (Å²) in [6.07, 6.45) is 5.04. The maximum absolute atomic E-state index is 11.8. The highest BCUT2D eigenvalue weighted by molar-refractivity contribution is 6.33. The van der Waals surface area contributed by atoms with Crippen molar-refractivity contribution in [1.29, 1.82) is 0 Å². The van der Waals surface area contributed by atoms with Crippen LogP contribution in [0.15, 0.2) is 24.3 Å². The number of terminal acetylenes is 1. The molecule has 0 radical (unpaired) electrons. The zero-order valence-corrected chi connectivity index (χ0v) is 12.0. The monoisotopic (exact) mass is 294 g/mol. The van der Waals surface area contributed by atoms with Crippen LogP contribution in [-0.4, -0.2) is 38.5 Å². The summed E-state index contributed by atoms with van der Waals surface area (Å²) in [7, 11) is 1.75. The van der Waals surface area contributed by atoms with Gasteiger partial charge in [-0.25, -0.2) is 0 Å². The quantitative estimate of drug-likeness (QED) is 0.622. The van der Waals surface area contributed by atoms with Gasteiger partial charge in [0.1, 0.15) is 0 Å². The number of likely N-dealkylation sites (N-methyl/N-ethyl adjacent to an activating group) is 1. The van der Waals surface area contributed by atoms with E-state index in [2.05, 4.69) is 16.6 Å². The van der Waals surface area contributed by atoms with Crippen molar-refractivity contribution in [1.82, 2.24) is 5.32 Å². The summed E-state index contributed by atoms with van der Waals surface area (Å²) in [5.41, 5.74) is 0.559. The smallest absolute Gasteiger partial charge is 0.279 e. The number of hydrogen-bond acceptors (Lipinski definition) is 2. The number of hydrogen-bond donors (Lipinski definition) is 3. The summed E-state index contributed by atoms with van der Waals surface area (Å²) in [6.45, 7) is 0.532. The van der Waals surface area contributed by atoms with Gasteiger partial charge in [0.15, 0.2) is 13.1 Å². The van der Waals surface area contributed by atoms with Gasteiger partial charge in [-0.1, -0.05) is 29.7 Å². The number of anilines is 1. The van der Waals surface area contributed by atoms with Crippen LogP contribution in [0, 0.1) is 12.3 Å². The molecule has 1 rings (SSSR count). The summed E-state index contributed by atoms with van der Waals surface area (Å²) >= 11 is 5.94. The third kappa shape index (κ3) is 5.74. The molecule has 0 heterocycles. The van der Waals surface area contributed by atoms with Crippen molar-refractivity contribution < 1.29 is 14.5 Å². The van der Waals surface area contributed by atoms with E-state index in [1.807, 2.05) is 0 Å². The molecule has 20 heavy (non-hydrogen) atoms. The predicted molar refractivity (Wildman–Crippen MR) is 78.5 cm³/mol. The molecular formula is C14H17ClN3O2+. The van der Waals surface area contributed by atoms with Crippen molar-refractivity contribution in [2.45, 2.75) is 0 Å². The van der Waals surface area contributed by atoms with Crippen LogP contribution in [0.3, 0.4) is 0 Å². The van der Waals surface area contributed by atoms with Crippen molar-refractivity contribution in [3.63, 3.8) is 0 Å². The highest BCUT2D eigenvalue weighted by Crippen LogP contribution is 2.19. The lowest BCUT2D eigenvalue weighted by molar-refractivity contribution is -0.862. The summed E-state index contributed by atoms with van der Waals surface area (Å²) in [5, 5.41) is 5.73. The first-order valence-corrected chi connectivity index (χ1v) is 6.46. The largest absolute Gasteiger partial charge is 0.340 e. The van der Waals surface area contributed by atoms with E-state index in [9.17, 15) is 9.59 Å². The molecule has 0 bridgehead atoms. The molecular weight excluding hydrogens is 278 g/mol. The zero-order chi connectivity index (χ0) is 15.0. The van der Waals surface area contributed by atoms with Gasteiger partial charge in [0, 0.05) is 0 Å². The van der Waals surface area contributed by atoms with Gasteiger partial charge in [0.2, 0.25) is 0 Å². The summed E-state index contributed by atoms with van der Waals surface area (Å²) in [4.78, 5) is 24.0. The van der Waals surface area contributed by atoms with E-state index < -0.39 is 0 Å². The Hall–Kier alpha value is -2.03. The molecule has 0 spiro atoms.